The van der Waals surface area contributed by atoms with Crippen molar-refractivity contribution in [1.29, 1.82) is 0 Å². The van der Waals surface area contributed by atoms with E-state index in [9.17, 15) is 4.79 Å². The minimum absolute atomic E-state index is 0.175. The summed E-state index contributed by atoms with van der Waals surface area (Å²) in [6.45, 7) is 3.88. The Kier molecular flexibility index (Phi) is 2.27. The minimum atomic E-state index is -0.231. The molecule has 0 N–H and O–H groups in total. The minimum Gasteiger partial charge on any atom is -0.463 e. The maximum atomic E-state index is 10.3. The van der Waals surface area contributed by atoms with E-state index in [0.29, 0.717) is 12.7 Å². The summed E-state index contributed by atoms with van der Waals surface area (Å²) >= 11 is 0. The van der Waals surface area contributed by atoms with Gasteiger partial charge in [-0.15, -0.1) is 0 Å². The molecule has 10 heavy (non-hydrogen) atoms. The van der Waals surface area contributed by atoms with E-state index < -0.39 is 0 Å². The lowest BCUT2D eigenvalue weighted by Gasteiger charge is -1.95. The Labute approximate surface area is 60.3 Å². The third kappa shape index (κ3) is 1.99. The highest BCUT2D eigenvalue weighted by molar-refractivity contribution is 5.65. The summed E-state index contributed by atoms with van der Waals surface area (Å²) in [4.78, 5) is 10.3. The first-order chi connectivity index (χ1) is 4.74. The van der Waals surface area contributed by atoms with Crippen molar-refractivity contribution in [2.24, 2.45) is 0 Å². The lowest BCUT2D eigenvalue weighted by atomic mass is 10.3. The largest absolute Gasteiger partial charge is 0.463 e. The van der Waals surface area contributed by atoms with Crippen molar-refractivity contribution in [3.05, 3.63) is 0 Å². The molecule has 1 aliphatic rings. The monoisotopic (exact) mass is 144 g/mol. The second-order valence-electron chi connectivity index (χ2n) is 2.42. The predicted octanol–water partition coefficient (Wildman–Crippen LogP) is 0.727. The van der Waals surface area contributed by atoms with Gasteiger partial charge in [0.05, 0.1) is 6.10 Å². The van der Waals surface area contributed by atoms with Crippen molar-refractivity contribution < 1.29 is 14.3 Å². The van der Waals surface area contributed by atoms with E-state index in [1.807, 2.05) is 0 Å². The zero-order valence-electron chi connectivity index (χ0n) is 6.29. The molecule has 0 aromatic carbocycles. The number of carbonyl (C=O) groups excluding carboxylic acids is 1. The predicted molar refractivity (Wildman–Crippen MR) is 35.6 cm³/mol. The zero-order chi connectivity index (χ0) is 7.56. The average molecular weight is 144 g/mol. The summed E-state index contributed by atoms with van der Waals surface area (Å²) in [5, 5.41) is 0. The number of esters is 1. The van der Waals surface area contributed by atoms with Gasteiger partial charge in [-0.25, -0.2) is 0 Å². The lowest BCUT2D eigenvalue weighted by Crippen LogP contribution is -2.07. The molecule has 58 valence electrons. The van der Waals surface area contributed by atoms with Crippen LogP contribution in [0, 0.1) is 0 Å². The van der Waals surface area contributed by atoms with E-state index in [-0.39, 0.29) is 12.1 Å². The first-order valence-corrected chi connectivity index (χ1v) is 3.53. The molecule has 1 heterocycles. The molecule has 1 rings (SSSR count). The van der Waals surface area contributed by atoms with Gasteiger partial charge >= 0.3 is 5.97 Å². The van der Waals surface area contributed by atoms with Crippen LogP contribution in [-0.4, -0.2) is 24.8 Å². The molecule has 0 unspecified atom stereocenters. The van der Waals surface area contributed by atoms with E-state index in [2.05, 4.69) is 6.92 Å². The van der Waals surface area contributed by atoms with Crippen molar-refractivity contribution in [1.82, 2.24) is 0 Å². The first-order valence-electron chi connectivity index (χ1n) is 3.53. The van der Waals surface area contributed by atoms with Crippen molar-refractivity contribution in [3.63, 3.8) is 0 Å². The van der Waals surface area contributed by atoms with Gasteiger partial charge in [-0.3, -0.25) is 4.79 Å². The Morgan fingerprint density at radius 3 is 2.70 bits per heavy atom. The van der Waals surface area contributed by atoms with Crippen LogP contribution in [0.2, 0.25) is 0 Å². The van der Waals surface area contributed by atoms with Gasteiger partial charge in [0.1, 0.15) is 12.7 Å². The highest BCUT2D eigenvalue weighted by Crippen LogP contribution is 2.24. The van der Waals surface area contributed by atoms with Gasteiger partial charge in [0.15, 0.2) is 0 Å². The highest BCUT2D eigenvalue weighted by atomic mass is 16.6. The Balaban J connectivity index is 2.01. The van der Waals surface area contributed by atoms with E-state index in [1.54, 1.807) is 0 Å². The first kappa shape index (κ1) is 7.54. The van der Waals surface area contributed by atoms with Crippen LogP contribution in [0.25, 0.3) is 0 Å². The van der Waals surface area contributed by atoms with Gasteiger partial charge < -0.3 is 9.47 Å². The van der Waals surface area contributed by atoms with Gasteiger partial charge in [0.2, 0.25) is 0 Å². The number of hydrogen-bond donors (Lipinski definition) is 0. The van der Waals surface area contributed by atoms with E-state index in [0.717, 1.165) is 6.42 Å². The van der Waals surface area contributed by atoms with Crippen LogP contribution in [0.3, 0.4) is 0 Å². The number of rotatable bonds is 3. The summed E-state index contributed by atoms with van der Waals surface area (Å²) < 4.78 is 9.87. The summed E-state index contributed by atoms with van der Waals surface area (Å²) in [6.07, 6.45) is 1.51. The molecule has 3 heteroatoms. The van der Waals surface area contributed by atoms with Crippen LogP contribution in [0.4, 0.5) is 0 Å². The van der Waals surface area contributed by atoms with Gasteiger partial charge in [0.25, 0.3) is 0 Å². The summed E-state index contributed by atoms with van der Waals surface area (Å²) in [5.41, 5.74) is 0. The highest BCUT2D eigenvalue weighted by Gasteiger charge is 2.37. The standard InChI is InChI=1S/C7H12O3/c1-3-6-7(10-6)4-9-5(2)8/h6-7H,3-4H2,1-2H3/t6-,7+/m0/s1. The molecular formula is C7H12O3. The molecule has 1 saturated heterocycles. The van der Waals surface area contributed by atoms with Crippen LogP contribution in [0.5, 0.6) is 0 Å². The molecular weight excluding hydrogens is 132 g/mol. The van der Waals surface area contributed by atoms with Crippen LogP contribution in [0.1, 0.15) is 20.3 Å². The molecule has 2 atom stereocenters. The van der Waals surface area contributed by atoms with Crippen molar-refractivity contribution >= 4 is 5.97 Å². The number of carbonyl (C=O) groups is 1. The van der Waals surface area contributed by atoms with Gasteiger partial charge in [-0.2, -0.15) is 0 Å². The second-order valence-corrected chi connectivity index (χ2v) is 2.42. The Morgan fingerprint density at radius 1 is 1.60 bits per heavy atom. The molecule has 1 fully saturated rings. The summed E-state index contributed by atoms with van der Waals surface area (Å²) in [5.74, 6) is -0.231. The number of hydrogen-bond acceptors (Lipinski definition) is 3. The van der Waals surface area contributed by atoms with Gasteiger partial charge in [0, 0.05) is 6.92 Å². The number of ether oxygens (including phenoxy) is 2. The zero-order valence-corrected chi connectivity index (χ0v) is 6.29. The Hall–Kier alpha value is -0.570. The van der Waals surface area contributed by atoms with E-state index in [1.165, 1.54) is 6.92 Å². The fourth-order valence-corrected chi connectivity index (χ4v) is 0.884. The van der Waals surface area contributed by atoms with Crippen LogP contribution >= 0.6 is 0 Å². The third-order valence-electron chi connectivity index (χ3n) is 1.54. The van der Waals surface area contributed by atoms with E-state index >= 15 is 0 Å². The SMILES string of the molecule is CC[C@@H]1O[C@@H]1COC(C)=O. The van der Waals surface area contributed by atoms with Crippen molar-refractivity contribution in [3.8, 4) is 0 Å². The fourth-order valence-electron chi connectivity index (χ4n) is 0.884. The van der Waals surface area contributed by atoms with Crippen molar-refractivity contribution in [2.75, 3.05) is 6.61 Å². The third-order valence-corrected chi connectivity index (χ3v) is 1.54. The molecule has 1 aliphatic heterocycles. The molecule has 0 bridgehead atoms. The van der Waals surface area contributed by atoms with Crippen LogP contribution in [0.15, 0.2) is 0 Å². The summed E-state index contributed by atoms with van der Waals surface area (Å²) in [7, 11) is 0. The smallest absolute Gasteiger partial charge is 0.302 e. The van der Waals surface area contributed by atoms with Gasteiger partial charge in [-0.05, 0) is 6.42 Å². The molecule has 0 saturated carbocycles. The van der Waals surface area contributed by atoms with Crippen molar-refractivity contribution in [2.45, 2.75) is 32.5 Å². The lowest BCUT2D eigenvalue weighted by molar-refractivity contribution is -0.141. The maximum Gasteiger partial charge on any atom is 0.302 e. The molecule has 0 aliphatic carbocycles. The second kappa shape index (κ2) is 3.01. The fraction of sp³-hybridized carbons (Fsp3) is 0.857. The van der Waals surface area contributed by atoms with Crippen LogP contribution < -0.4 is 0 Å². The number of epoxide rings is 1. The van der Waals surface area contributed by atoms with E-state index in [4.69, 9.17) is 9.47 Å². The Bertz CT molecular complexity index is 133. The van der Waals surface area contributed by atoms with Crippen LogP contribution in [-0.2, 0) is 14.3 Å². The molecule has 0 aromatic heterocycles. The van der Waals surface area contributed by atoms with Gasteiger partial charge in [-0.1, -0.05) is 6.92 Å². The summed E-state index contributed by atoms with van der Waals surface area (Å²) in [6, 6.07) is 0. The Morgan fingerprint density at radius 2 is 2.30 bits per heavy atom. The molecule has 3 nitrogen and oxygen atoms in total. The molecule has 0 radical (unpaired) electrons. The average Bonchev–Trinajstić information content (AvgIpc) is 2.61. The normalized spacial score (nSPS) is 29.8. The quantitative estimate of drug-likeness (QED) is 0.433. The maximum absolute atomic E-state index is 10.3. The molecule has 0 amide bonds. The molecule has 0 aromatic rings. The molecule has 0 spiro atoms. The topological polar surface area (TPSA) is 38.8 Å².